The van der Waals surface area contributed by atoms with E-state index >= 15 is 0 Å². The summed E-state index contributed by atoms with van der Waals surface area (Å²) in [5.74, 6) is -1.52. The standard InChI is InChI=1S/C22H29N3O5/c1-7-29-22(28)20-14(2)19(15(3)23-20)21(27)30-13-18(26)25(6)12-16-8-10-17(11-9-16)24(4)5/h8-11,23H,7,12-13H2,1-6H3. The Labute approximate surface area is 176 Å². The van der Waals surface area contributed by atoms with E-state index in [4.69, 9.17) is 9.47 Å². The van der Waals surface area contributed by atoms with Crippen molar-refractivity contribution in [2.24, 2.45) is 0 Å². The van der Waals surface area contributed by atoms with Gasteiger partial charge >= 0.3 is 11.9 Å². The average molecular weight is 415 g/mol. The number of hydrogen-bond donors (Lipinski definition) is 1. The number of nitrogens with one attached hydrogen (secondary N) is 1. The number of rotatable bonds is 8. The molecule has 1 amide bonds. The zero-order valence-electron chi connectivity index (χ0n) is 18.4. The predicted molar refractivity (Wildman–Crippen MR) is 114 cm³/mol. The van der Waals surface area contributed by atoms with E-state index in [2.05, 4.69) is 4.98 Å². The first kappa shape index (κ1) is 23.0. The molecule has 1 heterocycles. The van der Waals surface area contributed by atoms with E-state index in [1.165, 1.54) is 4.90 Å². The third kappa shape index (κ3) is 5.40. The number of amides is 1. The maximum absolute atomic E-state index is 12.5. The van der Waals surface area contributed by atoms with Gasteiger partial charge in [-0.3, -0.25) is 4.79 Å². The van der Waals surface area contributed by atoms with Crippen LogP contribution in [0.4, 0.5) is 5.69 Å². The third-order valence-corrected chi connectivity index (χ3v) is 4.75. The zero-order chi connectivity index (χ0) is 22.4. The lowest BCUT2D eigenvalue weighted by molar-refractivity contribution is -0.133. The van der Waals surface area contributed by atoms with Crippen molar-refractivity contribution in [3.8, 4) is 0 Å². The number of nitrogens with zero attached hydrogens (tertiary/aromatic N) is 2. The number of aromatic amines is 1. The molecule has 0 unspecified atom stereocenters. The van der Waals surface area contributed by atoms with Gasteiger partial charge in [0, 0.05) is 39.1 Å². The summed E-state index contributed by atoms with van der Waals surface area (Å²) in [6, 6.07) is 7.86. The van der Waals surface area contributed by atoms with Crippen LogP contribution in [-0.4, -0.2) is 62.1 Å². The van der Waals surface area contributed by atoms with Crippen LogP contribution in [0.25, 0.3) is 0 Å². The summed E-state index contributed by atoms with van der Waals surface area (Å²) in [5, 5.41) is 0. The maximum Gasteiger partial charge on any atom is 0.355 e. The number of aryl methyl sites for hydroxylation is 1. The Morgan fingerprint density at radius 1 is 0.967 bits per heavy atom. The zero-order valence-corrected chi connectivity index (χ0v) is 18.4. The molecule has 1 aromatic carbocycles. The highest BCUT2D eigenvalue weighted by Crippen LogP contribution is 2.20. The number of carbonyl (C=O) groups is 3. The minimum absolute atomic E-state index is 0.214. The Morgan fingerprint density at radius 3 is 2.17 bits per heavy atom. The van der Waals surface area contributed by atoms with Gasteiger partial charge in [0.05, 0.1) is 12.2 Å². The molecule has 0 aliphatic heterocycles. The van der Waals surface area contributed by atoms with Gasteiger partial charge in [-0.2, -0.15) is 0 Å². The predicted octanol–water partition coefficient (Wildman–Crippen LogP) is 2.69. The summed E-state index contributed by atoms with van der Waals surface area (Å²) in [7, 11) is 5.58. The fourth-order valence-corrected chi connectivity index (χ4v) is 3.03. The van der Waals surface area contributed by atoms with Crippen molar-refractivity contribution >= 4 is 23.5 Å². The van der Waals surface area contributed by atoms with E-state index in [-0.39, 0.29) is 30.4 Å². The van der Waals surface area contributed by atoms with Crippen LogP contribution >= 0.6 is 0 Å². The topological polar surface area (TPSA) is 91.9 Å². The van der Waals surface area contributed by atoms with E-state index < -0.39 is 11.9 Å². The van der Waals surface area contributed by atoms with E-state index in [1.807, 2.05) is 43.3 Å². The van der Waals surface area contributed by atoms with E-state index in [0.717, 1.165) is 11.3 Å². The van der Waals surface area contributed by atoms with Crippen molar-refractivity contribution in [1.82, 2.24) is 9.88 Å². The van der Waals surface area contributed by atoms with Gasteiger partial charge in [0.25, 0.3) is 5.91 Å². The van der Waals surface area contributed by atoms with Crippen LogP contribution in [0.15, 0.2) is 24.3 Å². The summed E-state index contributed by atoms with van der Waals surface area (Å²) in [5.41, 5.74) is 3.43. The van der Waals surface area contributed by atoms with Gasteiger partial charge in [0.15, 0.2) is 6.61 Å². The number of aromatic nitrogens is 1. The van der Waals surface area contributed by atoms with Crippen molar-refractivity contribution in [1.29, 1.82) is 0 Å². The Kier molecular flexibility index (Phi) is 7.63. The second kappa shape index (κ2) is 9.96. The van der Waals surface area contributed by atoms with Gasteiger partial charge in [-0.15, -0.1) is 0 Å². The first-order valence-corrected chi connectivity index (χ1v) is 9.69. The van der Waals surface area contributed by atoms with Crippen molar-refractivity contribution in [2.75, 3.05) is 39.3 Å². The molecule has 162 valence electrons. The van der Waals surface area contributed by atoms with Crippen LogP contribution < -0.4 is 4.90 Å². The molecule has 0 saturated carbocycles. The summed E-state index contributed by atoms with van der Waals surface area (Å²) < 4.78 is 10.2. The molecule has 1 N–H and O–H groups in total. The van der Waals surface area contributed by atoms with Crippen molar-refractivity contribution in [2.45, 2.75) is 27.3 Å². The number of hydrogen-bond acceptors (Lipinski definition) is 6. The highest BCUT2D eigenvalue weighted by molar-refractivity contribution is 5.99. The summed E-state index contributed by atoms with van der Waals surface area (Å²) in [6.07, 6.45) is 0. The number of anilines is 1. The van der Waals surface area contributed by atoms with Crippen LogP contribution in [0.3, 0.4) is 0 Å². The van der Waals surface area contributed by atoms with Gasteiger partial charge in [-0.05, 0) is 44.0 Å². The molecule has 1 aromatic heterocycles. The number of ether oxygens (including phenoxy) is 2. The monoisotopic (exact) mass is 415 g/mol. The number of H-pyrrole nitrogens is 1. The molecular formula is C22H29N3O5. The Hall–Kier alpha value is -3.29. The smallest absolute Gasteiger partial charge is 0.355 e. The SMILES string of the molecule is CCOC(=O)c1[nH]c(C)c(C(=O)OCC(=O)N(C)Cc2ccc(N(C)C)cc2)c1C. The fraction of sp³-hybridized carbons (Fsp3) is 0.409. The summed E-state index contributed by atoms with van der Waals surface area (Å²) in [6.45, 7) is 5.25. The molecule has 30 heavy (non-hydrogen) atoms. The van der Waals surface area contributed by atoms with Gasteiger partial charge in [-0.1, -0.05) is 12.1 Å². The first-order valence-electron chi connectivity index (χ1n) is 9.69. The normalized spacial score (nSPS) is 10.5. The molecule has 2 aromatic rings. The van der Waals surface area contributed by atoms with Crippen LogP contribution in [0.1, 0.15) is 44.6 Å². The van der Waals surface area contributed by atoms with Gasteiger partial charge in [0.1, 0.15) is 5.69 Å². The van der Waals surface area contributed by atoms with Crippen LogP contribution in [0.5, 0.6) is 0 Å². The lowest BCUT2D eigenvalue weighted by Gasteiger charge is -2.18. The van der Waals surface area contributed by atoms with Crippen LogP contribution in [0, 0.1) is 13.8 Å². The van der Waals surface area contributed by atoms with Crippen LogP contribution in [-0.2, 0) is 20.8 Å². The van der Waals surface area contributed by atoms with Crippen LogP contribution in [0.2, 0.25) is 0 Å². The number of benzene rings is 1. The molecule has 0 atom stereocenters. The summed E-state index contributed by atoms with van der Waals surface area (Å²) >= 11 is 0. The largest absolute Gasteiger partial charge is 0.461 e. The molecule has 0 fully saturated rings. The van der Waals surface area contributed by atoms with Crippen molar-refractivity contribution < 1.29 is 23.9 Å². The quantitative estimate of drug-likeness (QED) is 0.667. The first-order chi connectivity index (χ1) is 14.1. The highest BCUT2D eigenvalue weighted by Gasteiger charge is 2.24. The number of carbonyl (C=O) groups excluding carboxylic acids is 3. The maximum atomic E-state index is 12.5. The Balaban J connectivity index is 1.97. The molecular weight excluding hydrogens is 386 g/mol. The fourth-order valence-electron chi connectivity index (χ4n) is 3.03. The van der Waals surface area contributed by atoms with Gasteiger partial charge in [-0.25, -0.2) is 9.59 Å². The van der Waals surface area contributed by atoms with E-state index in [9.17, 15) is 14.4 Å². The Bertz CT molecular complexity index is 916. The molecule has 8 nitrogen and oxygen atoms in total. The molecule has 0 bridgehead atoms. The molecule has 0 spiro atoms. The van der Waals surface area contributed by atoms with Gasteiger partial charge < -0.3 is 24.3 Å². The third-order valence-electron chi connectivity index (χ3n) is 4.75. The minimum atomic E-state index is -0.658. The molecule has 2 rings (SSSR count). The number of esters is 2. The Morgan fingerprint density at radius 2 is 1.60 bits per heavy atom. The second-order valence-electron chi connectivity index (χ2n) is 7.23. The lowest BCUT2D eigenvalue weighted by atomic mass is 10.1. The minimum Gasteiger partial charge on any atom is -0.461 e. The van der Waals surface area contributed by atoms with E-state index in [0.29, 0.717) is 17.8 Å². The lowest BCUT2D eigenvalue weighted by Crippen LogP contribution is -2.31. The number of likely N-dealkylation sites (N-methyl/N-ethyl adjacent to an activating group) is 1. The molecule has 0 aliphatic carbocycles. The second-order valence-corrected chi connectivity index (χ2v) is 7.23. The summed E-state index contributed by atoms with van der Waals surface area (Å²) in [4.78, 5) is 43.2. The van der Waals surface area contributed by atoms with Gasteiger partial charge in [0.2, 0.25) is 0 Å². The molecule has 8 heteroatoms. The molecule has 0 aliphatic rings. The molecule has 0 saturated heterocycles. The van der Waals surface area contributed by atoms with Crippen molar-refractivity contribution in [3.05, 3.63) is 52.3 Å². The average Bonchev–Trinajstić information content (AvgIpc) is 3.00. The molecule has 0 radical (unpaired) electrons. The van der Waals surface area contributed by atoms with Crippen molar-refractivity contribution in [3.63, 3.8) is 0 Å². The van der Waals surface area contributed by atoms with E-state index in [1.54, 1.807) is 27.8 Å². The highest BCUT2D eigenvalue weighted by atomic mass is 16.5.